The highest BCUT2D eigenvalue weighted by Gasteiger charge is 2.20. The standard InChI is InChI=1S/C15H22N2O2/c1-10-8-11(2)13(12(3)9-10)14(18)15(19)16-6-7-17(4)5/h8-9H,6-7H2,1-5H3,(H,16,19). The number of rotatable bonds is 5. The molecule has 4 nitrogen and oxygen atoms in total. The van der Waals surface area contributed by atoms with Crippen molar-refractivity contribution >= 4 is 11.7 Å². The summed E-state index contributed by atoms with van der Waals surface area (Å²) in [6.45, 7) is 6.89. The van der Waals surface area contributed by atoms with E-state index in [0.29, 0.717) is 18.7 Å². The number of benzene rings is 1. The molecule has 0 radical (unpaired) electrons. The minimum Gasteiger partial charge on any atom is -0.348 e. The molecule has 1 N–H and O–H groups in total. The first-order chi connectivity index (χ1) is 8.82. The summed E-state index contributed by atoms with van der Waals surface area (Å²) in [6, 6.07) is 3.85. The Morgan fingerprint density at radius 2 is 1.63 bits per heavy atom. The molecule has 1 rings (SSSR count). The average molecular weight is 262 g/mol. The number of nitrogens with zero attached hydrogens (tertiary/aromatic N) is 1. The number of nitrogens with one attached hydrogen (secondary N) is 1. The lowest BCUT2D eigenvalue weighted by Gasteiger charge is -2.12. The van der Waals surface area contributed by atoms with Crippen molar-refractivity contribution in [2.24, 2.45) is 0 Å². The Bertz CT molecular complexity index is 470. The van der Waals surface area contributed by atoms with Gasteiger partial charge in [-0.2, -0.15) is 0 Å². The van der Waals surface area contributed by atoms with Gasteiger partial charge in [0.1, 0.15) is 0 Å². The SMILES string of the molecule is Cc1cc(C)c(C(=O)C(=O)NCCN(C)C)c(C)c1. The molecule has 4 heteroatoms. The third-order valence-electron chi connectivity index (χ3n) is 2.95. The molecule has 0 aliphatic rings. The number of carbonyl (C=O) groups is 2. The van der Waals surface area contributed by atoms with E-state index < -0.39 is 11.7 Å². The van der Waals surface area contributed by atoms with E-state index in [1.54, 1.807) is 0 Å². The van der Waals surface area contributed by atoms with Crippen molar-refractivity contribution in [3.63, 3.8) is 0 Å². The molecule has 0 aliphatic heterocycles. The second kappa shape index (κ2) is 6.48. The molecule has 0 aromatic heterocycles. The topological polar surface area (TPSA) is 49.4 Å². The van der Waals surface area contributed by atoms with Crippen LogP contribution in [-0.2, 0) is 4.79 Å². The van der Waals surface area contributed by atoms with Gasteiger partial charge in [-0.15, -0.1) is 0 Å². The van der Waals surface area contributed by atoms with Gasteiger partial charge in [0.25, 0.3) is 11.7 Å². The fraction of sp³-hybridized carbons (Fsp3) is 0.467. The van der Waals surface area contributed by atoms with Crippen LogP contribution in [0.5, 0.6) is 0 Å². The molecule has 0 atom stereocenters. The zero-order chi connectivity index (χ0) is 14.6. The normalized spacial score (nSPS) is 10.6. The molecule has 1 aromatic rings. The number of hydrogen-bond donors (Lipinski definition) is 1. The van der Waals surface area contributed by atoms with E-state index in [4.69, 9.17) is 0 Å². The van der Waals surface area contributed by atoms with Crippen molar-refractivity contribution < 1.29 is 9.59 Å². The van der Waals surface area contributed by atoms with Gasteiger partial charge in [0.15, 0.2) is 0 Å². The summed E-state index contributed by atoms with van der Waals surface area (Å²) >= 11 is 0. The molecule has 0 saturated heterocycles. The van der Waals surface area contributed by atoms with Crippen LogP contribution in [0, 0.1) is 20.8 Å². The van der Waals surface area contributed by atoms with Crippen LogP contribution >= 0.6 is 0 Å². The molecular formula is C15H22N2O2. The van der Waals surface area contributed by atoms with Crippen LogP contribution in [0.25, 0.3) is 0 Å². The molecule has 19 heavy (non-hydrogen) atoms. The molecule has 0 fully saturated rings. The molecule has 0 aliphatic carbocycles. The first-order valence-electron chi connectivity index (χ1n) is 6.38. The molecule has 0 unspecified atom stereocenters. The van der Waals surface area contributed by atoms with Crippen molar-refractivity contribution in [2.45, 2.75) is 20.8 Å². The fourth-order valence-corrected chi connectivity index (χ4v) is 2.13. The zero-order valence-electron chi connectivity index (χ0n) is 12.3. The summed E-state index contributed by atoms with van der Waals surface area (Å²) in [6.07, 6.45) is 0. The van der Waals surface area contributed by atoms with Crippen molar-refractivity contribution in [2.75, 3.05) is 27.2 Å². The van der Waals surface area contributed by atoms with Crippen LogP contribution in [0.4, 0.5) is 0 Å². The van der Waals surface area contributed by atoms with Gasteiger partial charge in [-0.3, -0.25) is 9.59 Å². The smallest absolute Gasteiger partial charge is 0.292 e. The second-order valence-corrected chi connectivity index (χ2v) is 5.16. The third-order valence-corrected chi connectivity index (χ3v) is 2.95. The number of hydrogen-bond acceptors (Lipinski definition) is 3. The Kier molecular flexibility index (Phi) is 5.24. The molecule has 1 aromatic carbocycles. The van der Waals surface area contributed by atoms with Crippen molar-refractivity contribution in [3.8, 4) is 0 Å². The Morgan fingerprint density at radius 1 is 1.11 bits per heavy atom. The number of ketones is 1. The fourth-order valence-electron chi connectivity index (χ4n) is 2.13. The lowest BCUT2D eigenvalue weighted by atomic mass is 9.96. The van der Waals surface area contributed by atoms with E-state index in [9.17, 15) is 9.59 Å². The Balaban J connectivity index is 2.80. The molecule has 1 amide bonds. The maximum absolute atomic E-state index is 12.1. The van der Waals surface area contributed by atoms with E-state index in [1.165, 1.54) is 0 Å². The molecule has 0 heterocycles. The quantitative estimate of drug-likeness (QED) is 0.646. The number of aryl methyl sites for hydroxylation is 3. The summed E-state index contributed by atoms with van der Waals surface area (Å²) in [7, 11) is 3.84. The minimum absolute atomic E-state index is 0.450. The van der Waals surface area contributed by atoms with Crippen LogP contribution in [0.3, 0.4) is 0 Å². The van der Waals surface area contributed by atoms with Gasteiger partial charge in [-0.05, 0) is 46.0 Å². The molecule has 0 bridgehead atoms. The van der Waals surface area contributed by atoms with Crippen LogP contribution in [0.1, 0.15) is 27.0 Å². The van der Waals surface area contributed by atoms with Crippen LogP contribution in [-0.4, -0.2) is 43.8 Å². The van der Waals surface area contributed by atoms with Gasteiger partial charge in [0.05, 0.1) is 0 Å². The lowest BCUT2D eigenvalue weighted by molar-refractivity contribution is -0.117. The summed E-state index contributed by atoms with van der Waals surface area (Å²) < 4.78 is 0. The predicted octanol–water partition coefficient (Wildman–Crippen LogP) is 1.47. The van der Waals surface area contributed by atoms with E-state index in [2.05, 4.69) is 5.32 Å². The monoisotopic (exact) mass is 262 g/mol. The summed E-state index contributed by atoms with van der Waals surface area (Å²) in [4.78, 5) is 25.9. The average Bonchev–Trinajstić information content (AvgIpc) is 2.26. The molecule has 0 spiro atoms. The highest BCUT2D eigenvalue weighted by atomic mass is 16.2. The van der Waals surface area contributed by atoms with Crippen LogP contribution < -0.4 is 5.32 Å². The van der Waals surface area contributed by atoms with E-state index in [1.807, 2.05) is 51.9 Å². The van der Waals surface area contributed by atoms with E-state index in [-0.39, 0.29) is 0 Å². The number of amides is 1. The number of Topliss-reactive ketones (excluding diaryl/α,β-unsaturated/α-hetero) is 1. The van der Waals surface area contributed by atoms with Crippen molar-refractivity contribution in [1.29, 1.82) is 0 Å². The zero-order valence-corrected chi connectivity index (χ0v) is 12.3. The third kappa shape index (κ3) is 4.17. The largest absolute Gasteiger partial charge is 0.348 e. The molecule has 0 saturated carbocycles. The lowest BCUT2D eigenvalue weighted by Crippen LogP contribution is -2.36. The first-order valence-corrected chi connectivity index (χ1v) is 6.38. The number of carbonyl (C=O) groups excluding carboxylic acids is 2. The summed E-state index contributed by atoms with van der Waals surface area (Å²) in [5.74, 6) is -0.981. The maximum Gasteiger partial charge on any atom is 0.292 e. The van der Waals surface area contributed by atoms with Gasteiger partial charge in [0.2, 0.25) is 0 Å². The van der Waals surface area contributed by atoms with Gasteiger partial charge >= 0.3 is 0 Å². The summed E-state index contributed by atoms with van der Waals surface area (Å²) in [5.41, 5.74) is 3.32. The summed E-state index contributed by atoms with van der Waals surface area (Å²) in [5, 5.41) is 2.65. The Hall–Kier alpha value is -1.68. The first kappa shape index (κ1) is 15.4. The van der Waals surface area contributed by atoms with Crippen LogP contribution in [0.15, 0.2) is 12.1 Å². The number of likely N-dealkylation sites (N-methyl/N-ethyl adjacent to an activating group) is 1. The highest BCUT2D eigenvalue weighted by Crippen LogP contribution is 2.16. The Labute approximate surface area is 114 Å². The van der Waals surface area contributed by atoms with Gasteiger partial charge in [0, 0.05) is 18.7 Å². The molecule has 104 valence electrons. The highest BCUT2D eigenvalue weighted by molar-refractivity contribution is 6.43. The van der Waals surface area contributed by atoms with Gasteiger partial charge in [-0.1, -0.05) is 17.7 Å². The maximum atomic E-state index is 12.1. The predicted molar refractivity (Wildman–Crippen MR) is 76.5 cm³/mol. The van der Waals surface area contributed by atoms with Crippen molar-refractivity contribution in [1.82, 2.24) is 10.2 Å². The van der Waals surface area contributed by atoms with E-state index in [0.717, 1.165) is 16.7 Å². The van der Waals surface area contributed by atoms with Crippen LogP contribution in [0.2, 0.25) is 0 Å². The van der Waals surface area contributed by atoms with Crippen molar-refractivity contribution in [3.05, 3.63) is 34.4 Å². The van der Waals surface area contributed by atoms with E-state index >= 15 is 0 Å². The van der Waals surface area contributed by atoms with Gasteiger partial charge in [-0.25, -0.2) is 0 Å². The molecular weight excluding hydrogens is 240 g/mol. The minimum atomic E-state index is -0.531. The Morgan fingerprint density at radius 3 is 2.11 bits per heavy atom. The van der Waals surface area contributed by atoms with Gasteiger partial charge < -0.3 is 10.2 Å². The second-order valence-electron chi connectivity index (χ2n) is 5.16.